The predicted octanol–water partition coefficient (Wildman–Crippen LogP) is 6.69. The summed E-state index contributed by atoms with van der Waals surface area (Å²) in [4.78, 5) is 8.96. The Hall–Kier alpha value is -4.71. The topological polar surface area (TPSA) is 79.6 Å². The lowest BCUT2D eigenvalue weighted by molar-refractivity contribution is 0.618. The zero-order valence-corrected chi connectivity index (χ0v) is 17.6. The van der Waals surface area contributed by atoms with Gasteiger partial charge in [0.05, 0.1) is 11.1 Å². The predicted molar refractivity (Wildman–Crippen MR) is 130 cm³/mol. The molecule has 3 aromatic heterocycles. The lowest BCUT2D eigenvalue weighted by Gasteiger charge is -2.06. The molecule has 0 saturated heterocycles. The highest BCUT2D eigenvalue weighted by molar-refractivity contribution is 6.06. The quantitative estimate of drug-likeness (QED) is 0.319. The third-order valence-electron chi connectivity index (χ3n) is 5.50. The van der Waals surface area contributed by atoms with Gasteiger partial charge in [-0.05, 0) is 11.1 Å². The summed E-state index contributed by atoms with van der Waals surface area (Å²) in [6.45, 7) is 0. The third kappa shape index (κ3) is 3.53. The van der Waals surface area contributed by atoms with Crippen molar-refractivity contribution in [3.05, 3.63) is 103 Å². The summed E-state index contributed by atoms with van der Waals surface area (Å²) in [6, 6.07) is 32.2. The van der Waals surface area contributed by atoms with E-state index < -0.39 is 0 Å². The van der Waals surface area contributed by atoms with Crippen LogP contribution in [0.15, 0.2) is 108 Å². The van der Waals surface area contributed by atoms with Crippen LogP contribution in [0.2, 0.25) is 0 Å². The first-order valence-corrected chi connectivity index (χ1v) is 10.6. The Morgan fingerprint density at radius 2 is 1.33 bits per heavy atom. The van der Waals surface area contributed by atoms with Crippen LogP contribution in [0.3, 0.4) is 0 Å². The van der Waals surface area contributed by atoms with Crippen molar-refractivity contribution >= 4 is 22.7 Å². The van der Waals surface area contributed by atoms with Crippen LogP contribution >= 0.6 is 0 Å². The number of furan rings is 1. The van der Waals surface area contributed by atoms with Crippen molar-refractivity contribution in [2.45, 2.75) is 0 Å². The molecular formula is C27H19N5O. The van der Waals surface area contributed by atoms with E-state index in [1.807, 2.05) is 84.9 Å². The van der Waals surface area contributed by atoms with Crippen molar-refractivity contribution in [2.24, 2.45) is 0 Å². The molecule has 6 nitrogen and oxygen atoms in total. The molecule has 2 N–H and O–H groups in total. The van der Waals surface area contributed by atoms with E-state index in [0.29, 0.717) is 17.3 Å². The maximum Gasteiger partial charge on any atom is 0.232 e. The average Bonchev–Trinajstić information content (AvgIpc) is 3.51. The van der Waals surface area contributed by atoms with E-state index in [1.165, 1.54) is 6.33 Å². The van der Waals surface area contributed by atoms with Crippen LogP contribution in [0.1, 0.15) is 0 Å². The molecule has 3 aromatic carbocycles. The van der Waals surface area contributed by atoms with Crippen molar-refractivity contribution in [3.8, 4) is 33.7 Å². The second-order valence-corrected chi connectivity index (χ2v) is 7.60. The minimum absolute atomic E-state index is 0.518. The molecule has 0 bridgehead atoms. The summed E-state index contributed by atoms with van der Waals surface area (Å²) >= 11 is 0. The highest BCUT2D eigenvalue weighted by atomic mass is 16.3. The number of H-pyrrole nitrogens is 1. The Balaban J connectivity index is 1.50. The molecule has 0 atom stereocenters. The number of nitrogens with zero attached hydrogens (tertiary/aromatic N) is 3. The fourth-order valence-electron chi connectivity index (χ4n) is 3.97. The standard InChI is InChI=1S/C27H19N5O/c1-4-10-18(11-5-1)21-16-22(32-31-21)30-26-24-23(19-12-6-2-7-13-19)25(20-14-8-3-9-15-20)33-27(24)29-17-28-26/h1-17H,(H2,28,29,30,31,32). The van der Waals surface area contributed by atoms with Gasteiger partial charge in [-0.25, -0.2) is 9.97 Å². The Bertz CT molecular complexity index is 1520. The monoisotopic (exact) mass is 429 g/mol. The average molecular weight is 429 g/mol. The number of aromatic amines is 1. The van der Waals surface area contributed by atoms with Gasteiger partial charge in [0.2, 0.25) is 5.71 Å². The summed E-state index contributed by atoms with van der Waals surface area (Å²) in [5.74, 6) is 2.05. The molecule has 0 radical (unpaired) electrons. The molecule has 0 spiro atoms. The largest absolute Gasteiger partial charge is 0.437 e. The third-order valence-corrected chi connectivity index (χ3v) is 5.50. The lowest BCUT2D eigenvalue weighted by Crippen LogP contribution is -1.96. The second kappa shape index (κ2) is 8.09. The van der Waals surface area contributed by atoms with E-state index in [1.54, 1.807) is 0 Å². The van der Waals surface area contributed by atoms with Crippen molar-refractivity contribution in [1.29, 1.82) is 0 Å². The molecule has 158 valence electrons. The van der Waals surface area contributed by atoms with Crippen LogP contribution in [0.25, 0.3) is 44.8 Å². The van der Waals surface area contributed by atoms with Gasteiger partial charge in [-0.15, -0.1) is 0 Å². The van der Waals surface area contributed by atoms with Crippen LogP contribution in [0.4, 0.5) is 11.6 Å². The number of aromatic nitrogens is 4. The van der Waals surface area contributed by atoms with Gasteiger partial charge in [0, 0.05) is 17.2 Å². The molecule has 6 aromatic rings. The number of benzene rings is 3. The summed E-state index contributed by atoms with van der Waals surface area (Å²) in [5, 5.41) is 11.7. The number of hydrogen-bond donors (Lipinski definition) is 2. The molecule has 0 aliphatic heterocycles. The Labute approximate surface area is 190 Å². The molecule has 6 heteroatoms. The molecule has 3 heterocycles. The first-order chi connectivity index (χ1) is 16.4. The number of nitrogens with one attached hydrogen (secondary N) is 2. The molecule has 0 saturated carbocycles. The Kier molecular flexibility index (Phi) is 4.66. The summed E-state index contributed by atoms with van der Waals surface area (Å²) in [6.07, 6.45) is 1.50. The van der Waals surface area contributed by atoms with Crippen LogP contribution < -0.4 is 5.32 Å². The lowest BCUT2D eigenvalue weighted by atomic mass is 9.99. The maximum absolute atomic E-state index is 6.27. The first-order valence-electron chi connectivity index (χ1n) is 10.6. The normalized spacial score (nSPS) is 11.0. The Morgan fingerprint density at radius 1 is 0.697 bits per heavy atom. The van der Waals surface area contributed by atoms with Crippen LogP contribution in [-0.2, 0) is 0 Å². The van der Waals surface area contributed by atoms with Gasteiger partial charge in [-0.1, -0.05) is 91.0 Å². The van der Waals surface area contributed by atoms with Crippen LogP contribution in [-0.4, -0.2) is 20.2 Å². The molecule has 33 heavy (non-hydrogen) atoms. The van der Waals surface area contributed by atoms with E-state index in [-0.39, 0.29) is 0 Å². The summed E-state index contributed by atoms with van der Waals surface area (Å²) in [5.41, 5.74) is 5.45. The molecule has 6 rings (SSSR count). The minimum atomic E-state index is 0.518. The Morgan fingerprint density at radius 3 is 2.03 bits per heavy atom. The summed E-state index contributed by atoms with van der Waals surface area (Å²) in [7, 11) is 0. The molecule has 0 amide bonds. The molecule has 0 unspecified atom stereocenters. The molecule has 0 aliphatic carbocycles. The van der Waals surface area contributed by atoms with Gasteiger partial charge in [0.1, 0.15) is 17.9 Å². The van der Waals surface area contributed by atoms with Gasteiger partial charge in [-0.2, -0.15) is 5.10 Å². The van der Waals surface area contributed by atoms with E-state index in [4.69, 9.17) is 4.42 Å². The maximum atomic E-state index is 6.27. The van der Waals surface area contributed by atoms with Crippen molar-refractivity contribution in [2.75, 3.05) is 5.32 Å². The van der Waals surface area contributed by atoms with Crippen LogP contribution in [0.5, 0.6) is 0 Å². The molecule has 0 aliphatic rings. The van der Waals surface area contributed by atoms with Gasteiger partial charge >= 0.3 is 0 Å². The van der Waals surface area contributed by atoms with Gasteiger partial charge < -0.3 is 9.73 Å². The second-order valence-electron chi connectivity index (χ2n) is 7.60. The number of hydrogen-bond acceptors (Lipinski definition) is 5. The molecular weight excluding hydrogens is 410 g/mol. The van der Waals surface area contributed by atoms with Gasteiger partial charge in [0.25, 0.3) is 0 Å². The van der Waals surface area contributed by atoms with Gasteiger partial charge in [0.15, 0.2) is 5.82 Å². The number of anilines is 2. The van der Waals surface area contributed by atoms with Crippen molar-refractivity contribution in [3.63, 3.8) is 0 Å². The first kappa shape index (κ1) is 19.0. The minimum Gasteiger partial charge on any atom is -0.437 e. The SMILES string of the molecule is c1ccc(-c2cc(Nc3ncnc4oc(-c5ccccc5)c(-c5ccccc5)c34)n[nH]2)cc1. The zero-order valence-electron chi connectivity index (χ0n) is 17.6. The highest BCUT2D eigenvalue weighted by Gasteiger charge is 2.22. The number of rotatable bonds is 5. The summed E-state index contributed by atoms with van der Waals surface area (Å²) < 4.78 is 6.27. The zero-order chi connectivity index (χ0) is 22.0. The number of fused-ring (bicyclic) bond motifs is 1. The van der Waals surface area contributed by atoms with Crippen LogP contribution in [0, 0.1) is 0 Å². The fourth-order valence-corrected chi connectivity index (χ4v) is 3.97. The van der Waals surface area contributed by atoms with Gasteiger partial charge in [-0.3, -0.25) is 5.10 Å². The smallest absolute Gasteiger partial charge is 0.232 e. The van der Waals surface area contributed by atoms with Crippen molar-refractivity contribution in [1.82, 2.24) is 20.2 Å². The van der Waals surface area contributed by atoms with E-state index >= 15 is 0 Å². The fraction of sp³-hybridized carbons (Fsp3) is 0. The highest BCUT2D eigenvalue weighted by Crippen LogP contribution is 2.42. The van der Waals surface area contributed by atoms with E-state index in [0.717, 1.165) is 39.1 Å². The molecule has 0 fully saturated rings. The van der Waals surface area contributed by atoms with E-state index in [2.05, 4.69) is 37.6 Å². The van der Waals surface area contributed by atoms with E-state index in [9.17, 15) is 0 Å². The van der Waals surface area contributed by atoms with Crippen molar-refractivity contribution < 1.29 is 4.42 Å².